The van der Waals surface area contributed by atoms with Gasteiger partial charge in [0.1, 0.15) is 4.88 Å². The number of aromatic nitrogens is 1. The topological polar surface area (TPSA) is 87.5 Å². The molecular weight excluding hydrogens is 278 g/mol. The number of hydrogen-bond acceptors (Lipinski definition) is 4. The Hall–Kier alpha value is -2.21. The van der Waals surface area contributed by atoms with Crippen LogP contribution in [0.5, 0.6) is 0 Å². The first-order valence-electron chi connectivity index (χ1n) is 6.03. The summed E-state index contributed by atoms with van der Waals surface area (Å²) in [7, 11) is 0. The number of carboxylic acids is 2. The number of benzene rings is 1. The number of rotatable bonds is 3. The van der Waals surface area contributed by atoms with Crippen LogP contribution in [0.1, 0.15) is 38.9 Å². The zero-order valence-electron chi connectivity index (χ0n) is 11.4. The van der Waals surface area contributed by atoms with Crippen LogP contribution in [0.2, 0.25) is 0 Å². The molecule has 1 aromatic carbocycles. The van der Waals surface area contributed by atoms with E-state index in [0.717, 1.165) is 11.3 Å². The molecule has 0 aliphatic rings. The van der Waals surface area contributed by atoms with E-state index in [9.17, 15) is 9.59 Å². The summed E-state index contributed by atoms with van der Waals surface area (Å²) >= 11 is 1.07. The van der Waals surface area contributed by atoms with Gasteiger partial charge in [-0.25, -0.2) is 14.6 Å². The van der Waals surface area contributed by atoms with Gasteiger partial charge in [0.25, 0.3) is 0 Å². The smallest absolute Gasteiger partial charge is 0.348 e. The van der Waals surface area contributed by atoms with E-state index in [-0.39, 0.29) is 10.4 Å². The molecule has 0 saturated heterocycles. The van der Waals surface area contributed by atoms with Gasteiger partial charge in [0.15, 0.2) is 0 Å². The molecule has 1 aromatic heterocycles. The lowest BCUT2D eigenvalue weighted by atomic mass is 10.1. The fourth-order valence-electron chi connectivity index (χ4n) is 1.57. The van der Waals surface area contributed by atoms with E-state index < -0.39 is 11.9 Å². The molecule has 2 rings (SSSR count). The van der Waals surface area contributed by atoms with Gasteiger partial charge in [-0.1, -0.05) is 26.0 Å². The molecule has 2 N–H and O–H groups in total. The predicted molar refractivity (Wildman–Crippen MR) is 77.6 cm³/mol. The zero-order chi connectivity index (χ0) is 15.3. The van der Waals surface area contributed by atoms with Crippen molar-refractivity contribution >= 4 is 23.3 Å². The third kappa shape index (κ3) is 3.42. The molecule has 0 unspecified atom stereocenters. The third-order valence-corrected chi connectivity index (χ3v) is 3.27. The Morgan fingerprint density at radius 1 is 1.15 bits per heavy atom. The minimum atomic E-state index is -1.06. The quantitative estimate of drug-likeness (QED) is 0.903. The second-order valence-corrected chi connectivity index (χ2v) is 4.80. The Kier molecular flexibility index (Phi) is 5.40. The first-order valence-corrected chi connectivity index (χ1v) is 6.85. The lowest BCUT2D eigenvalue weighted by molar-refractivity contribution is 0.0689. The lowest BCUT2D eigenvalue weighted by Crippen LogP contribution is -1.98. The van der Waals surface area contributed by atoms with Crippen LogP contribution in [0, 0.1) is 6.92 Å². The van der Waals surface area contributed by atoms with Crippen LogP contribution in [0.25, 0.3) is 11.3 Å². The average molecular weight is 293 g/mol. The van der Waals surface area contributed by atoms with Crippen molar-refractivity contribution in [1.82, 2.24) is 4.98 Å². The van der Waals surface area contributed by atoms with Crippen molar-refractivity contribution in [3.8, 4) is 11.3 Å². The van der Waals surface area contributed by atoms with Gasteiger partial charge in [0.2, 0.25) is 0 Å². The van der Waals surface area contributed by atoms with E-state index in [0.29, 0.717) is 16.3 Å². The number of carbonyl (C=O) groups is 2. The van der Waals surface area contributed by atoms with Crippen molar-refractivity contribution in [3.05, 3.63) is 39.7 Å². The SMILES string of the molecule is CC.Cc1nc(-c2cccc(C(=O)O)c2)c(C(=O)O)s1. The normalized spacial score (nSPS) is 9.55. The van der Waals surface area contributed by atoms with Crippen molar-refractivity contribution in [2.24, 2.45) is 0 Å². The van der Waals surface area contributed by atoms with Crippen LogP contribution in [0.3, 0.4) is 0 Å². The fraction of sp³-hybridized carbons (Fsp3) is 0.214. The Labute approximate surface area is 120 Å². The van der Waals surface area contributed by atoms with E-state index in [1.807, 2.05) is 13.8 Å². The van der Waals surface area contributed by atoms with Gasteiger partial charge < -0.3 is 10.2 Å². The third-order valence-electron chi connectivity index (χ3n) is 2.31. The molecule has 6 heteroatoms. The van der Waals surface area contributed by atoms with Crippen LogP contribution in [0.15, 0.2) is 24.3 Å². The Balaban J connectivity index is 0.000000956. The molecule has 2 aromatic rings. The molecule has 1 heterocycles. The molecule has 0 fully saturated rings. The van der Waals surface area contributed by atoms with E-state index in [1.165, 1.54) is 12.1 Å². The highest BCUT2D eigenvalue weighted by atomic mass is 32.1. The molecular formula is C14H15NO4S. The summed E-state index contributed by atoms with van der Waals surface area (Å²) in [5.41, 5.74) is 0.916. The first kappa shape index (κ1) is 15.8. The second kappa shape index (κ2) is 6.81. The van der Waals surface area contributed by atoms with Gasteiger partial charge in [-0.05, 0) is 19.1 Å². The second-order valence-electron chi connectivity index (χ2n) is 3.60. The Bertz CT molecular complexity index is 634. The van der Waals surface area contributed by atoms with Gasteiger partial charge in [-0.2, -0.15) is 0 Å². The predicted octanol–water partition coefficient (Wildman–Crippen LogP) is 3.54. The number of hydrogen-bond donors (Lipinski definition) is 2. The largest absolute Gasteiger partial charge is 0.478 e. The van der Waals surface area contributed by atoms with Crippen LogP contribution in [0.4, 0.5) is 0 Å². The number of aromatic carboxylic acids is 2. The maximum atomic E-state index is 11.1. The summed E-state index contributed by atoms with van der Waals surface area (Å²) in [5.74, 6) is -2.11. The number of aryl methyl sites for hydroxylation is 1. The van der Waals surface area contributed by atoms with Gasteiger partial charge in [-0.15, -0.1) is 11.3 Å². The summed E-state index contributed by atoms with van der Waals surface area (Å²) in [5, 5.41) is 18.6. The summed E-state index contributed by atoms with van der Waals surface area (Å²) in [4.78, 5) is 26.2. The fourth-order valence-corrected chi connectivity index (χ4v) is 2.35. The van der Waals surface area contributed by atoms with E-state index >= 15 is 0 Å². The number of nitrogens with zero attached hydrogens (tertiary/aromatic N) is 1. The van der Waals surface area contributed by atoms with Gasteiger partial charge in [0, 0.05) is 5.56 Å². The van der Waals surface area contributed by atoms with Gasteiger partial charge >= 0.3 is 11.9 Å². The van der Waals surface area contributed by atoms with Crippen LogP contribution in [-0.2, 0) is 0 Å². The molecule has 106 valence electrons. The van der Waals surface area contributed by atoms with Crippen molar-refractivity contribution in [1.29, 1.82) is 0 Å². The summed E-state index contributed by atoms with van der Waals surface area (Å²) in [6, 6.07) is 6.08. The Morgan fingerprint density at radius 3 is 2.35 bits per heavy atom. The highest BCUT2D eigenvalue weighted by Gasteiger charge is 2.18. The average Bonchev–Trinajstić information content (AvgIpc) is 2.83. The van der Waals surface area contributed by atoms with Crippen LogP contribution < -0.4 is 0 Å². The monoisotopic (exact) mass is 293 g/mol. The minimum absolute atomic E-state index is 0.106. The summed E-state index contributed by atoms with van der Waals surface area (Å²) in [6.45, 7) is 5.71. The highest BCUT2D eigenvalue weighted by molar-refractivity contribution is 7.14. The highest BCUT2D eigenvalue weighted by Crippen LogP contribution is 2.28. The minimum Gasteiger partial charge on any atom is -0.478 e. The van der Waals surface area contributed by atoms with E-state index in [4.69, 9.17) is 10.2 Å². The molecule has 0 spiro atoms. The molecule has 0 radical (unpaired) electrons. The van der Waals surface area contributed by atoms with Crippen LogP contribution >= 0.6 is 11.3 Å². The van der Waals surface area contributed by atoms with E-state index in [1.54, 1.807) is 19.1 Å². The van der Waals surface area contributed by atoms with Crippen molar-refractivity contribution in [2.75, 3.05) is 0 Å². The van der Waals surface area contributed by atoms with Gasteiger partial charge in [0.05, 0.1) is 16.3 Å². The molecule has 20 heavy (non-hydrogen) atoms. The summed E-state index contributed by atoms with van der Waals surface area (Å²) in [6.07, 6.45) is 0. The van der Waals surface area contributed by atoms with Crippen molar-refractivity contribution < 1.29 is 19.8 Å². The summed E-state index contributed by atoms with van der Waals surface area (Å²) < 4.78 is 0. The van der Waals surface area contributed by atoms with Crippen molar-refractivity contribution in [2.45, 2.75) is 20.8 Å². The maximum Gasteiger partial charge on any atom is 0.348 e. The molecule has 0 atom stereocenters. The molecule has 0 amide bonds. The molecule has 0 aliphatic carbocycles. The molecule has 5 nitrogen and oxygen atoms in total. The number of carboxylic acid groups (broad SMARTS) is 2. The molecule has 0 aliphatic heterocycles. The van der Waals surface area contributed by atoms with Crippen LogP contribution in [-0.4, -0.2) is 27.1 Å². The van der Waals surface area contributed by atoms with Crippen molar-refractivity contribution in [3.63, 3.8) is 0 Å². The lowest BCUT2D eigenvalue weighted by Gasteiger charge is -2.00. The number of thiazole rings is 1. The first-order chi connectivity index (χ1) is 9.49. The maximum absolute atomic E-state index is 11.1. The molecule has 0 saturated carbocycles. The van der Waals surface area contributed by atoms with E-state index in [2.05, 4.69) is 4.98 Å². The Morgan fingerprint density at radius 2 is 1.80 bits per heavy atom. The standard InChI is InChI=1S/C12H9NO4S.C2H6/c1-6-13-9(10(18-6)12(16)17)7-3-2-4-8(5-7)11(14)15;1-2/h2-5H,1H3,(H,14,15)(H,16,17);1-2H3. The van der Waals surface area contributed by atoms with Gasteiger partial charge in [-0.3, -0.25) is 0 Å². The molecule has 0 bridgehead atoms. The zero-order valence-corrected chi connectivity index (χ0v) is 12.2.